The monoisotopic (exact) mass is 461 g/mol. The molecule has 0 saturated heterocycles. The predicted molar refractivity (Wildman–Crippen MR) is 137 cm³/mol. The number of carbonyl (C=O) groups excluding carboxylic acids is 1. The maximum Gasteiger partial charge on any atom is 0.239 e. The van der Waals surface area contributed by atoms with E-state index in [9.17, 15) is 4.79 Å². The fraction of sp³-hybridized carbons (Fsp3) is 0.407. The first kappa shape index (κ1) is 23.8. The number of rotatable bonds is 11. The highest BCUT2D eigenvalue weighted by Crippen LogP contribution is 2.33. The van der Waals surface area contributed by atoms with Gasteiger partial charge in [-0.25, -0.2) is 4.98 Å². The minimum Gasteiger partial charge on any atom is -0.497 e. The number of aromatic nitrogens is 3. The third-order valence-corrected chi connectivity index (χ3v) is 6.30. The van der Waals surface area contributed by atoms with E-state index in [1.165, 1.54) is 0 Å². The molecular weight excluding hydrogens is 426 g/mol. The SMILES string of the molecule is CCCN(CC)CCCNC(=O)Cn1cc(-c2cc3cccnc3[nH]2)c2c1CC=CC(OC)=C2. The third kappa shape index (κ3) is 5.42. The highest BCUT2D eigenvalue weighted by Gasteiger charge is 2.20. The summed E-state index contributed by atoms with van der Waals surface area (Å²) in [5.41, 5.74) is 5.04. The predicted octanol–water partition coefficient (Wildman–Crippen LogP) is 4.37. The lowest BCUT2D eigenvalue weighted by Crippen LogP contribution is -2.32. The first-order chi connectivity index (χ1) is 16.6. The summed E-state index contributed by atoms with van der Waals surface area (Å²) in [7, 11) is 1.68. The van der Waals surface area contributed by atoms with Crippen molar-refractivity contribution in [2.75, 3.05) is 33.3 Å². The van der Waals surface area contributed by atoms with Crippen LogP contribution < -0.4 is 5.32 Å². The molecule has 0 aliphatic heterocycles. The van der Waals surface area contributed by atoms with Crippen LogP contribution in [0.15, 0.2) is 48.5 Å². The lowest BCUT2D eigenvalue weighted by molar-refractivity contribution is -0.121. The highest BCUT2D eigenvalue weighted by molar-refractivity contribution is 5.87. The van der Waals surface area contributed by atoms with Crippen molar-refractivity contribution in [3.8, 4) is 11.3 Å². The molecule has 0 spiro atoms. The summed E-state index contributed by atoms with van der Waals surface area (Å²) in [6.45, 7) is 8.53. The summed E-state index contributed by atoms with van der Waals surface area (Å²) in [5.74, 6) is 0.828. The second-order valence-electron chi connectivity index (χ2n) is 8.65. The van der Waals surface area contributed by atoms with Crippen LogP contribution in [-0.2, 0) is 22.5 Å². The van der Waals surface area contributed by atoms with E-state index < -0.39 is 0 Å². The largest absolute Gasteiger partial charge is 0.497 e. The van der Waals surface area contributed by atoms with Gasteiger partial charge in [0.15, 0.2) is 0 Å². The molecule has 180 valence electrons. The van der Waals surface area contributed by atoms with Gasteiger partial charge >= 0.3 is 0 Å². The Morgan fingerprint density at radius 1 is 1.32 bits per heavy atom. The van der Waals surface area contributed by atoms with E-state index in [4.69, 9.17) is 4.74 Å². The van der Waals surface area contributed by atoms with Crippen molar-refractivity contribution in [1.29, 1.82) is 0 Å². The van der Waals surface area contributed by atoms with E-state index in [2.05, 4.69) is 63.0 Å². The zero-order chi connectivity index (χ0) is 23.9. The third-order valence-electron chi connectivity index (χ3n) is 6.30. The van der Waals surface area contributed by atoms with Gasteiger partial charge in [-0.2, -0.15) is 0 Å². The van der Waals surface area contributed by atoms with Gasteiger partial charge in [0.2, 0.25) is 5.91 Å². The van der Waals surface area contributed by atoms with Gasteiger partial charge in [0.25, 0.3) is 0 Å². The van der Waals surface area contributed by atoms with E-state index >= 15 is 0 Å². The average Bonchev–Trinajstić information content (AvgIpc) is 3.34. The fourth-order valence-corrected chi connectivity index (χ4v) is 4.55. The maximum atomic E-state index is 12.8. The van der Waals surface area contributed by atoms with E-state index in [0.29, 0.717) is 6.54 Å². The second-order valence-corrected chi connectivity index (χ2v) is 8.65. The summed E-state index contributed by atoms with van der Waals surface area (Å²) in [4.78, 5) is 23.1. The average molecular weight is 462 g/mol. The number of H-pyrrole nitrogens is 1. The Morgan fingerprint density at radius 2 is 2.21 bits per heavy atom. The molecule has 0 fully saturated rings. The smallest absolute Gasteiger partial charge is 0.239 e. The zero-order valence-electron chi connectivity index (χ0n) is 20.4. The molecule has 1 aliphatic rings. The molecule has 3 heterocycles. The van der Waals surface area contributed by atoms with Crippen molar-refractivity contribution in [2.24, 2.45) is 0 Å². The number of hydrogen-bond acceptors (Lipinski definition) is 4. The maximum absolute atomic E-state index is 12.8. The number of nitrogens with one attached hydrogen (secondary N) is 2. The lowest BCUT2D eigenvalue weighted by Gasteiger charge is -2.19. The Bertz CT molecular complexity index is 1150. The number of amides is 1. The molecule has 0 bridgehead atoms. The molecule has 0 radical (unpaired) electrons. The minimum atomic E-state index is 0.0328. The molecular formula is C27H35N5O2. The lowest BCUT2D eigenvalue weighted by atomic mass is 10.1. The van der Waals surface area contributed by atoms with Gasteiger partial charge in [-0.15, -0.1) is 0 Å². The normalized spacial score (nSPS) is 13.1. The summed E-state index contributed by atoms with van der Waals surface area (Å²) in [5, 5.41) is 4.16. The Balaban J connectivity index is 1.53. The van der Waals surface area contributed by atoms with Crippen molar-refractivity contribution in [3.05, 3.63) is 59.8 Å². The Labute approximate surface area is 201 Å². The number of hydrogen-bond donors (Lipinski definition) is 2. The first-order valence-corrected chi connectivity index (χ1v) is 12.2. The number of methoxy groups -OCH3 is 1. The van der Waals surface area contributed by atoms with E-state index in [1.54, 1.807) is 13.3 Å². The molecule has 7 nitrogen and oxygen atoms in total. The molecule has 0 saturated carbocycles. The van der Waals surface area contributed by atoms with Crippen molar-refractivity contribution in [3.63, 3.8) is 0 Å². The number of allylic oxidation sites excluding steroid dienone is 2. The molecule has 1 amide bonds. The minimum absolute atomic E-state index is 0.0328. The van der Waals surface area contributed by atoms with Crippen LogP contribution in [0.5, 0.6) is 0 Å². The molecule has 34 heavy (non-hydrogen) atoms. The van der Waals surface area contributed by atoms with Gasteiger partial charge in [-0.1, -0.05) is 19.9 Å². The number of aromatic amines is 1. The number of pyridine rings is 1. The van der Waals surface area contributed by atoms with Gasteiger partial charge in [-0.3, -0.25) is 4.79 Å². The van der Waals surface area contributed by atoms with Crippen LogP contribution in [0.1, 0.15) is 37.9 Å². The fourth-order valence-electron chi connectivity index (χ4n) is 4.55. The Kier molecular flexibility index (Phi) is 7.85. The van der Waals surface area contributed by atoms with Gasteiger partial charge in [-0.05, 0) is 62.8 Å². The quantitative estimate of drug-likeness (QED) is 0.416. The molecule has 3 aromatic heterocycles. The summed E-state index contributed by atoms with van der Waals surface area (Å²) >= 11 is 0. The van der Waals surface area contributed by atoms with Gasteiger partial charge in [0, 0.05) is 53.3 Å². The van der Waals surface area contributed by atoms with Crippen LogP contribution >= 0.6 is 0 Å². The van der Waals surface area contributed by atoms with Crippen molar-refractivity contribution in [2.45, 2.75) is 39.7 Å². The molecule has 0 unspecified atom stereocenters. The van der Waals surface area contributed by atoms with Crippen molar-refractivity contribution < 1.29 is 9.53 Å². The summed E-state index contributed by atoms with van der Waals surface area (Å²) in [6.07, 6.45) is 12.8. The summed E-state index contributed by atoms with van der Waals surface area (Å²) < 4.78 is 7.60. The summed E-state index contributed by atoms with van der Waals surface area (Å²) in [6, 6.07) is 6.09. The van der Waals surface area contributed by atoms with Gasteiger partial charge in [0.05, 0.1) is 7.11 Å². The van der Waals surface area contributed by atoms with Gasteiger partial charge in [0.1, 0.15) is 18.0 Å². The van der Waals surface area contributed by atoms with E-state index in [1.807, 2.05) is 18.2 Å². The number of ether oxygens (including phenoxy) is 1. The van der Waals surface area contributed by atoms with Crippen LogP contribution in [0.2, 0.25) is 0 Å². The molecule has 2 N–H and O–H groups in total. The molecule has 0 aromatic carbocycles. The van der Waals surface area contributed by atoms with Crippen molar-refractivity contribution >= 4 is 23.0 Å². The molecule has 3 aromatic rings. The second kappa shape index (κ2) is 11.2. The van der Waals surface area contributed by atoms with E-state index in [-0.39, 0.29) is 12.5 Å². The van der Waals surface area contributed by atoms with E-state index in [0.717, 1.165) is 78.2 Å². The molecule has 7 heteroatoms. The van der Waals surface area contributed by atoms with Crippen LogP contribution in [0.3, 0.4) is 0 Å². The highest BCUT2D eigenvalue weighted by atomic mass is 16.5. The topological polar surface area (TPSA) is 75.2 Å². The zero-order valence-corrected chi connectivity index (χ0v) is 20.4. The number of nitrogens with zero attached hydrogens (tertiary/aromatic N) is 3. The van der Waals surface area contributed by atoms with Crippen LogP contribution in [0.4, 0.5) is 0 Å². The molecule has 0 atom stereocenters. The van der Waals surface area contributed by atoms with Gasteiger partial charge < -0.3 is 24.5 Å². The Hall–Kier alpha value is -3.32. The number of fused-ring (bicyclic) bond motifs is 2. The molecule has 1 aliphatic carbocycles. The molecule has 4 rings (SSSR count). The van der Waals surface area contributed by atoms with Crippen LogP contribution in [0.25, 0.3) is 28.4 Å². The van der Waals surface area contributed by atoms with Crippen molar-refractivity contribution in [1.82, 2.24) is 24.8 Å². The van der Waals surface area contributed by atoms with Crippen LogP contribution in [-0.4, -0.2) is 58.6 Å². The standard InChI is InChI=1S/C27H35N5O2/c1-4-14-31(5-2)15-8-13-28-26(33)19-32-18-23(22-17-21(34-3)10-6-11-25(22)32)24-16-20-9-7-12-29-27(20)30-24/h6-7,9-10,12,16-18H,4-5,8,11,13-15,19H2,1-3H3,(H,28,33)(H,29,30). The Morgan fingerprint density at radius 3 is 2.97 bits per heavy atom. The first-order valence-electron chi connectivity index (χ1n) is 12.2. The number of carbonyl (C=O) groups is 1. The van der Waals surface area contributed by atoms with Crippen LogP contribution in [0, 0.1) is 0 Å².